The lowest BCUT2D eigenvalue weighted by atomic mass is 10.2. The van der Waals surface area contributed by atoms with Crippen LogP contribution in [0.1, 0.15) is 10.4 Å². The lowest BCUT2D eigenvalue weighted by Gasteiger charge is -2.27. The molecule has 7 heteroatoms. The van der Waals surface area contributed by atoms with E-state index in [2.05, 4.69) is 10.3 Å². The van der Waals surface area contributed by atoms with Crippen molar-refractivity contribution in [1.29, 1.82) is 0 Å². The van der Waals surface area contributed by atoms with Gasteiger partial charge in [0.15, 0.2) is 0 Å². The van der Waals surface area contributed by atoms with Gasteiger partial charge in [-0.1, -0.05) is 23.4 Å². The van der Waals surface area contributed by atoms with Crippen molar-refractivity contribution >= 4 is 35.2 Å². The van der Waals surface area contributed by atoms with Crippen LogP contribution >= 0.6 is 23.4 Å². The van der Waals surface area contributed by atoms with E-state index in [0.29, 0.717) is 28.7 Å². The number of benzene rings is 1. The van der Waals surface area contributed by atoms with Crippen LogP contribution in [-0.2, 0) is 4.79 Å². The Bertz CT molecular complexity index is 736. The van der Waals surface area contributed by atoms with Crippen LogP contribution < -0.4 is 5.32 Å². The standard InChI is InChI=1S/C16H14ClN3O2S/c17-11-3-5-12(6-4-11)23-15-13(2-1-7-19-15)16(22)20-9-8-18-14(21)10-20/h1-7H,8-10H2,(H,18,21). The maximum Gasteiger partial charge on any atom is 0.257 e. The minimum atomic E-state index is -0.176. The van der Waals surface area contributed by atoms with Gasteiger partial charge in [-0.2, -0.15) is 0 Å². The first-order valence-corrected chi connectivity index (χ1v) is 8.27. The summed E-state index contributed by atoms with van der Waals surface area (Å²) in [4.78, 5) is 31.0. The second-order valence-electron chi connectivity index (χ2n) is 4.99. The van der Waals surface area contributed by atoms with Crippen LogP contribution in [0.4, 0.5) is 0 Å². The van der Waals surface area contributed by atoms with Gasteiger partial charge in [0.05, 0.1) is 12.1 Å². The summed E-state index contributed by atoms with van der Waals surface area (Å²) in [6.07, 6.45) is 1.65. The highest BCUT2D eigenvalue weighted by Gasteiger charge is 2.24. The van der Waals surface area contributed by atoms with Crippen molar-refractivity contribution in [1.82, 2.24) is 15.2 Å². The molecular weight excluding hydrogens is 334 g/mol. The molecule has 0 atom stereocenters. The summed E-state index contributed by atoms with van der Waals surface area (Å²) in [5.41, 5.74) is 0.502. The van der Waals surface area contributed by atoms with Crippen LogP contribution in [0.15, 0.2) is 52.5 Å². The zero-order valence-corrected chi connectivity index (χ0v) is 13.7. The Kier molecular flexibility index (Phi) is 4.83. The molecule has 23 heavy (non-hydrogen) atoms. The summed E-state index contributed by atoms with van der Waals surface area (Å²) in [5.74, 6) is -0.315. The van der Waals surface area contributed by atoms with Gasteiger partial charge in [-0.25, -0.2) is 4.98 Å². The number of hydrogen-bond acceptors (Lipinski definition) is 4. The number of amides is 2. The van der Waals surface area contributed by atoms with E-state index in [9.17, 15) is 9.59 Å². The smallest absolute Gasteiger partial charge is 0.257 e. The first-order valence-electron chi connectivity index (χ1n) is 7.08. The van der Waals surface area contributed by atoms with Gasteiger partial charge in [-0.3, -0.25) is 9.59 Å². The minimum Gasteiger partial charge on any atom is -0.353 e. The molecular formula is C16H14ClN3O2S. The molecule has 1 aliphatic rings. The summed E-state index contributed by atoms with van der Waals surface area (Å²) in [6.45, 7) is 1.06. The zero-order valence-electron chi connectivity index (χ0n) is 12.2. The van der Waals surface area contributed by atoms with E-state index >= 15 is 0 Å². The van der Waals surface area contributed by atoms with E-state index in [4.69, 9.17) is 11.6 Å². The number of hydrogen-bond donors (Lipinski definition) is 1. The molecule has 1 fully saturated rings. The number of nitrogens with one attached hydrogen (secondary N) is 1. The van der Waals surface area contributed by atoms with Crippen LogP contribution in [0.3, 0.4) is 0 Å². The third kappa shape index (κ3) is 3.83. The fourth-order valence-corrected chi connectivity index (χ4v) is 3.23. The number of aromatic nitrogens is 1. The molecule has 1 aromatic heterocycles. The fraction of sp³-hybridized carbons (Fsp3) is 0.188. The number of nitrogens with zero attached hydrogens (tertiary/aromatic N) is 2. The van der Waals surface area contributed by atoms with Crippen molar-refractivity contribution in [2.24, 2.45) is 0 Å². The van der Waals surface area contributed by atoms with Gasteiger partial charge in [0.2, 0.25) is 5.91 Å². The predicted molar refractivity (Wildman–Crippen MR) is 88.7 cm³/mol. The highest BCUT2D eigenvalue weighted by molar-refractivity contribution is 7.99. The molecule has 1 aromatic carbocycles. The molecule has 5 nitrogen and oxygen atoms in total. The fourth-order valence-electron chi connectivity index (χ4n) is 2.23. The van der Waals surface area contributed by atoms with Gasteiger partial charge in [0.25, 0.3) is 5.91 Å². The number of carbonyl (C=O) groups excluding carboxylic acids is 2. The molecule has 118 valence electrons. The van der Waals surface area contributed by atoms with Gasteiger partial charge >= 0.3 is 0 Å². The third-order valence-electron chi connectivity index (χ3n) is 3.36. The topological polar surface area (TPSA) is 62.3 Å². The number of carbonyl (C=O) groups is 2. The Morgan fingerprint density at radius 2 is 2.04 bits per heavy atom. The van der Waals surface area contributed by atoms with Crippen LogP contribution in [0.5, 0.6) is 0 Å². The van der Waals surface area contributed by atoms with E-state index < -0.39 is 0 Å². The van der Waals surface area contributed by atoms with Crippen molar-refractivity contribution in [3.63, 3.8) is 0 Å². The SMILES string of the molecule is O=C1CN(C(=O)c2cccnc2Sc2ccc(Cl)cc2)CCN1. The molecule has 0 unspecified atom stereocenters. The number of halogens is 1. The van der Waals surface area contributed by atoms with Crippen LogP contribution in [0.25, 0.3) is 0 Å². The molecule has 1 aliphatic heterocycles. The first kappa shape index (κ1) is 15.8. The van der Waals surface area contributed by atoms with Gasteiger partial charge < -0.3 is 10.2 Å². The van der Waals surface area contributed by atoms with Gasteiger partial charge in [-0.15, -0.1) is 0 Å². The molecule has 1 saturated heterocycles. The average molecular weight is 348 g/mol. The Morgan fingerprint density at radius 1 is 1.26 bits per heavy atom. The van der Waals surface area contributed by atoms with Crippen LogP contribution in [0, 0.1) is 0 Å². The van der Waals surface area contributed by atoms with Crippen molar-refractivity contribution in [3.8, 4) is 0 Å². The summed E-state index contributed by atoms with van der Waals surface area (Å²) in [5, 5.41) is 3.99. The number of pyridine rings is 1. The van der Waals surface area contributed by atoms with Gasteiger partial charge in [-0.05, 0) is 36.4 Å². The largest absolute Gasteiger partial charge is 0.353 e. The summed E-state index contributed by atoms with van der Waals surface area (Å²) < 4.78 is 0. The quantitative estimate of drug-likeness (QED) is 0.926. The molecule has 2 amide bonds. The van der Waals surface area contributed by atoms with Crippen molar-refractivity contribution in [3.05, 3.63) is 53.2 Å². The highest BCUT2D eigenvalue weighted by atomic mass is 35.5. The molecule has 0 spiro atoms. The first-order chi connectivity index (χ1) is 11.1. The molecule has 0 bridgehead atoms. The van der Waals surface area contributed by atoms with E-state index in [1.165, 1.54) is 11.8 Å². The van der Waals surface area contributed by atoms with Crippen LogP contribution in [0.2, 0.25) is 5.02 Å². The van der Waals surface area contributed by atoms with Crippen molar-refractivity contribution in [2.45, 2.75) is 9.92 Å². The number of rotatable bonds is 3. The molecule has 0 saturated carbocycles. The van der Waals surface area contributed by atoms with E-state index in [-0.39, 0.29) is 18.4 Å². The second kappa shape index (κ2) is 7.02. The Labute approximate surface area is 143 Å². The minimum absolute atomic E-state index is 0.0821. The van der Waals surface area contributed by atoms with E-state index in [1.807, 2.05) is 12.1 Å². The highest BCUT2D eigenvalue weighted by Crippen LogP contribution is 2.30. The van der Waals surface area contributed by atoms with Crippen molar-refractivity contribution < 1.29 is 9.59 Å². The third-order valence-corrected chi connectivity index (χ3v) is 4.63. The van der Waals surface area contributed by atoms with Gasteiger partial charge in [0.1, 0.15) is 5.03 Å². The summed E-state index contributed by atoms with van der Waals surface area (Å²) in [7, 11) is 0. The van der Waals surface area contributed by atoms with E-state index in [1.54, 1.807) is 35.4 Å². The maximum absolute atomic E-state index is 12.7. The lowest BCUT2D eigenvalue weighted by Crippen LogP contribution is -2.50. The maximum atomic E-state index is 12.7. The molecule has 2 heterocycles. The second-order valence-corrected chi connectivity index (χ2v) is 6.49. The number of piperazine rings is 1. The molecule has 1 N–H and O–H groups in total. The molecule has 0 radical (unpaired) electrons. The van der Waals surface area contributed by atoms with Crippen molar-refractivity contribution in [2.75, 3.05) is 19.6 Å². The lowest BCUT2D eigenvalue weighted by molar-refractivity contribution is -0.123. The Hall–Kier alpha value is -2.05. The summed E-state index contributed by atoms with van der Waals surface area (Å²) in [6, 6.07) is 10.8. The predicted octanol–water partition coefficient (Wildman–Crippen LogP) is 2.46. The molecule has 3 rings (SSSR count). The van der Waals surface area contributed by atoms with Gasteiger partial charge in [0, 0.05) is 29.2 Å². The van der Waals surface area contributed by atoms with E-state index in [0.717, 1.165) is 4.90 Å². The average Bonchev–Trinajstić information content (AvgIpc) is 2.57. The molecule has 0 aliphatic carbocycles. The normalized spacial score (nSPS) is 14.5. The monoisotopic (exact) mass is 347 g/mol. The Balaban J connectivity index is 1.83. The van der Waals surface area contributed by atoms with Crippen LogP contribution in [-0.4, -0.2) is 41.3 Å². The zero-order chi connectivity index (χ0) is 16.2. The Morgan fingerprint density at radius 3 is 2.78 bits per heavy atom. The molecule has 2 aromatic rings. The summed E-state index contributed by atoms with van der Waals surface area (Å²) >= 11 is 7.29.